The first-order chi connectivity index (χ1) is 20.4. The first kappa shape index (κ1) is 32.8. The van der Waals surface area contributed by atoms with Gasteiger partial charge in [0.25, 0.3) is 0 Å². The maximum absolute atomic E-state index is 13.6. The van der Waals surface area contributed by atoms with Gasteiger partial charge in [0.1, 0.15) is 11.6 Å². The van der Waals surface area contributed by atoms with Crippen molar-refractivity contribution in [1.82, 2.24) is 5.32 Å². The van der Waals surface area contributed by atoms with Crippen molar-refractivity contribution in [3.05, 3.63) is 62.9 Å². The molecule has 1 aliphatic heterocycles. The number of ether oxygens (including phenoxy) is 3. The molecular formula is C31H35BrClN3O6S. The largest absolute Gasteiger partial charge is 0.479 e. The Morgan fingerprint density at radius 1 is 1.09 bits per heavy atom. The number of hydrogen-bond acceptors (Lipinski definition) is 9. The van der Waals surface area contributed by atoms with E-state index in [-0.39, 0.29) is 29.1 Å². The molecule has 3 aromatic rings. The summed E-state index contributed by atoms with van der Waals surface area (Å²) in [4.78, 5) is 39.4. The number of rotatable bonds is 10. The summed E-state index contributed by atoms with van der Waals surface area (Å²) in [5.41, 5.74) is 1.47. The maximum Gasteiger partial charge on any atom is 0.351 e. The van der Waals surface area contributed by atoms with Crippen LogP contribution in [0.25, 0.3) is 10.4 Å². The number of nitrogens with one attached hydrogen (secondary N) is 3. The summed E-state index contributed by atoms with van der Waals surface area (Å²) < 4.78 is 16.6. The summed E-state index contributed by atoms with van der Waals surface area (Å²) in [5, 5.41) is 10.4. The number of hydrogen-bond donors (Lipinski definition) is 3. The van der Waals surface area contributed by atoms with Gasteiger partial charge in [0.15, 0.2) is 17.2 Å². The highest BCUT2D eigenvalue weighted by Gasteiger charge is 2.31. The lowest BCUT2D eigenvalue weighted by atomic mass is 9.89. The van der Waals surface area contributed by atoms with Gasteiger partial charge in [-0.1, -0.05) is 29.8 Å². The Morgan fingerprint density at radius 2 is 1.79 bits per heavy atom. The van der Waals surface area contributed by atoms with Crippen LogP contribution in [0, 0.1) is 5.92 Å². The van der Waals surface area contributed by atoms with Crippen LogP contribution in [0.5, 0.6) is 5.75 Å². The second kappa shape index (κ2) is 14.6. The molecule has 1 atom stereocenters. The third-order valence-electron chi connectivity index (χ3n) is 6.61. The molecule has 0 aliphatic carbocycles. The van der Waals surface area contributed by atoms with Crippen LogP contribution >= 0.6 is 38.9 Å². The van der Waals surface area contributed by atoms with E-state index in [1.807, 2.05) is 24.3 Å². The average molecular weight is 693 g/mol. The van der Waals surface area contributed by atoms with Gasteiger partial charge in [-0.15, -0.1) is 11.3 Å². The van der Waals surface area contributed by atoms with E-state index >= 15 is 0 Å². The molecule has 1 saturated heterocycles. The molecule has 0 saturated carbocycles. The highest BCUT2D eigenvalue weighted by atomic mass is 79.9. The summed E-state index contributed by atoms with van der Waals surface area (Å²) >= 11 is 10.9. The zero-order chi connectivity index (χ0) is 31.1. The monoisotopic (exact) mass is 691 g/mol. The van der Waals surface area contributed by atoms with E-state index in [0.717, 1.165) is 37.2 Å². The topological polar surface area (TPSA) is 115 Å². The molecule has 1 aromatic heterocycles. The van der Waals surface area contributed by atoms with E-state index in [9.17, 15) is 14.4 Å². The minimum atomic E-state index is -0.673. The van der Waals surface area contributed by atoms with Crippen LogP contribution in [0.15, 0.2) is 53.0 Å². The minimum Gasteiger partial charge on any atom is -0.479 e. The van der Waals surface area contributed by atoms with Crippen molar-refractivity contribution < 1.29 is 28.6 Å². The smallest absolute Gasteiger partial charge is 0.351 e. The van der Waals surface area contributed by atoms with Crippen LogP contribution < -0.4 is 20.7 Å². The van der Waals surface area contributed by atoms with Crippen LogP contribution in [-0.2, 0) is 19.1 Å². The number of anilines is 2. The first-order valence-electron chi connectivity index (χ1n) is 13.8. The molecule has 1 amide bonds. The molecule has 1 unspecified atom stereocenters. The number of thiophene rings is 1. The zero-order valence-electron chi connectivity index (χ0n) is 24.4. The summed E-state index contributed by atoms with van der Waals surface area (Å²) in [5.74, 6) is -0.994. The number of benzene rings is 2. The van der Waals surface area contributed by atoms with Gasteiger partial charge in [-0.25, -0.2) is 9.59 Å². The third-order valence-corrected chi connectivity index (χ3v) is 9.07. The normalized spacial score (nSPS) is 14.5. The third kappa shape index (κ3) is 8.95. The molecule has 3 N–H and O–H groups in total. The predicted molar refractivity (Wildman–Crippen MR) is 173 cm³/mol. The number of carbonyl (C=O) groups excluding carboxylic acids is 3. The van der Waals surface area contributed by atoms with Gasteiger partial charge in [0, 0.05) is 16.4 Å². The molecule has 2 aromatic carbocycles. The molecule has 230 valence electrons. The van der Waals surface area contributed by atoms with E-state index in [0.29, 0.717) is 20.1 Å². The van der Waals surface area contributed by atoms with Crippen molar-refractivity contribution in [1.29, 1.82) is 0 Å². The second-order valence-corrected chi connectivity index (χ2v) is 13.3. The van der Waals surface area contributed by atoms with E-state index in [1.54, 1.807) is 45.0 Å². The Balaban J connectivity index is 1.60. The summed E-state index contributed by atoms with van der Waals surface area (Å²) in [6, 6.07) is 14.2. The summed E-state index contributed by atoms with van der Waals surface area (Å²) in [6.45, 7) is 6.58. The van der Waals surface area contributed by atoms with Crippen molar-refractivity contribution in [2.24, 2.45) is 5.92 Å². The van der Waals surface area contributed by atoms with Gasteiger partial charge >= 0.3 is 11.9 Å². The SMILES string of the molecule is COC(=O)c1sc(-c2cccc(NC(C(=O)Nc3cccc(Cl)c3)C3CCNCC3)c2)c(Br)c1OCC(=O)OC(C)(C)C. The van der Waals surface area contributed by atoms with Crippen molar-refractivity contribution in [2.75, 3.05) is 37.4 Å². The fourth-order valence-electron chi connectivity index (χ4n) is 4.73. The first-order valence-corrected chi connectivity index (χ1v) is 15.8. The van der Waals surface area contributed by atoms with E-state index < -0.39 is 23.6 Å². The van der Waals surface area contributed by atoms with E-state index in [4.69, 9.17) is 25.8 Å². The predicted octanol–water partition coefficient (Wildman–Crippen LogP) is 6.76. The fourth-order valence-corrected chi connectivity index (χ4v) is 6.89. The van der Waals surface area contributed by atoms with Crippen LogP contribution in [0.2, 0.25) is 5.02 Å². The number of carbonyl (C=O) groups is 3. The van der Waals surface area contributed by atoms with Crippen LogP contribution in [0.1, 0.15) is 43.3 Å². The molecule has 12 heteroatoms. The number of methoxy groups -OCH3 is 1. The summed E-state index contributed by atoms with van der Waals surface area (Å²) in [6.07, 6.45) is 1.69. The molecule has 1 aliphatic rings. The number of halogens is 2. The minimum absolute atomic E-state index is 0.108. The van der Waals surface area contributed by atoms with Gasteiger partial charge in [0.2, 0.25) is 5.91 Å². The number of piperidine rings is 1. The van der Waals surface area contributed by atoms with Crippen molar-refractivity contribution >= 4 is 68.1 Å². The Bertz CT molecular complexity index is 1470. The van der Waals surface area contributed by atoms with E-state index in [1.165, 1.54) is 18.4 Å². The van der Waals surface area contributed by atoms with Gasteiger partial charge in [-0.2, -0.15) is 0 Å². The molecule has 1 fully saturated rings. The van der Waals surface area contributed by atoms with Gasteiger partial charge in [-0.3, -0.25) is 4.79 Å². The highest BCUT2D eigenvalue weighted by Crippen LogP contribution is 2.46. The van der Waals surface area contributed by atoms with Gasteiger partial charge in [0.05, 0.1) is 16.5 Å². The fraction of sp³-hybridized carbons (Fsp3) is 0.387. The number of esters is 2. The lowest BCUT2D eigenvalue weighted by Crippen LogP contribution is -2.45. The molecule has 2 heterocycles. The quantitative estimate of drug-likeness (QED) is 0.200. The van der Waals surface area contributed by atoms with Gasteiger partial charge in [-0.05, 0) is 104 Å². The molecule has 43 heavy (non-hydrogen) atoms. The molecule has 0 spiro atoms. The summed E-state index contributed by atoms with van der Waals surface area (Å²) in [7, 11) is 1.28. The molecule has 0 radical (unpaired) electrons. The van der Waals surface area contributed by atoms with Crippen molar-refractivity contribution in [2.45, 2.75) is 45.3 Å². The van der Waals surface area contributed by atoms with E-state index in [2.05, 4.69) is 31.9 Å². The molecule has 4 rings (SSSR count). The standard InChI is InChI=1S/C31H35BrClN3O6S/c1-31(2,3)42-23(37)17-41-26-24(32)27(43-28(26)30(39)40-4)19-7-5-9-21(15-19)35-25(18-11-13-34-14-12-18)29(38)36-22-10-6-8-20(33)16-22/h5-10,15-16,18,25,34-35H,11-14,17H2,1-4H3,(H,36,38). The van der Waals surface area contributed by atoms with Crippen molar-refractivity contribution in [3.8, 4) is 16.2 Å². The Morgan fingerprint density at radius 3 is 2.47 bits per heavy atom. The Kier molecular flexibility index (Phi) is 11.1. The lowest BCUT2D eigenvalue weighted by Gasteiger charge is -2.31. The van der Waals surface area contributed by atoms with Crippen LogP contribution in [0.4, 0.5) is 11.4 Å². The Labute approximate surface area is 268 Å². The molecular weight excluding hydrogens is 658 g/mol. The lowest BCUT2D eigenvalue weighted by molar-refractivity contribution is -0.157. The molecule has 0 bridgehead atoms. The zero-order valence-corrected chi connectivity index (χ0v) is 27.6. The second-order valence-electron chi connectivity index (χ2n) is 11.1. The maximum atomic E-state index is 13.6. The average Bonchev–Trinajstić information content (AvgIpc) is 3.30. The van der Waals surface area contributed by atoms with Crippen molar-refractivity contribution in [3.63, 3.8) is 0 Å². The Hall–Kier alpha value is -3.12. The number of amides is 1. The van der Waals surface area contributed by atoms with Crippen LogP contribution in [0.3, 0.4) is 0 Å². The highest BCUT2D eigenvalue weighted by molar-refractivity contribution is 9.10. The van der Waals surface area contributed by atoms with Gasteiger partial charge < -0.3 is 30.2 Å². The van der Waals surface area contributed by atoms with Crippen LogP contribution in [-0.4, -0.2) is 56.3 Å². The molecule has 9 nitrogen and oxygen atoms in total.